The first-order valence-electron chi connectivity index (χ1n) is 11.8. The molecule has 2 amide bonds. The summed E-state index contributed by atoms with van der Waals surface area (Å²) in [5.41, 5.74) is -0.643. The number of amides is 2. The molecule has 0 radical (unpaired) electrons. The first kappa shape index (κ1) is 26.1. The summed E-state index contributed by atoms with van der Waals surface area (Å²) in [6.45, 7) is 9.39. The van der Waals surface area contributed by atoms with Gasteiger partial charge < -0.3 is 20.1 Å². The van der Waals surface area contributed by atoms with Gasteiger partial charge in [-0.15, -0.1) is 10.2 Å². The van der Waals surface area contributed by atoms with Gasteiger partial charge in [-0.25, -0.2) is 4.79 Å². The first-order valence-corrected chi connectivity index (χ1v) is 12.6. The van der Waals surface area contributed by atoms with Crippen molar-refractivity contribution in [2.45, 2.75) is 70.2 Å². The Labute approximate surface area is 219 Å². The van der Waals surface area contributed by atoms with Crippen molar-refractivity contribution in [3.63, 3.8) is 0 Å². The van der Waals surface area contributed by atoms with Crippen molar-refractivity contribution in [3.8, 4) is 0 Å². The van der Waals surface area contributed by atoms with E-state index in [-0.39, 0.29) is 11.9 Å². The zero-order chi connectivity index (χ0) is 26.1. The SMILES string of the molecule is CC(C)(C)OC(=O)NC(C)(C)C(=O)NC1C[C@]1(COCc1ccccc1)c1nnc2ccc(Br)cn12. The molecule has 0 bridgehead atoms. The van der Waals surface area contributed by atoms with E-state index in [9.17, 15) is 9.59 Å². The van der Waals surface area contributed by atoms with Crippen molar-refractivity contribution in [2.24, 2.45) is 0 Å². The summed E-state index contributed by atoms with van der Waals surface area (Å²) in [4.78, 5) is 25.5. The summed E-state index contributed by atoms with van der Waals surface area (Å²) in [7, 11) is 0. The Bertz CT molecular complexity index is 1250. The standard InChI is InChI=1S/C26H32BrN5O4/c1-24(2,3)36-23(34)29-25(4,5)22(33)28-19-13-26(19,16-35-15-17-9-7-6-8-10-17)21-31-30-20-12-11-18(27)14-32(20)21/h6-12,14,19H,13,15-16H2,1-5H3,(H,28,33)(H,29,34)/t19?,26-/m1/s1. The van der Waals surface area contributed by atoms with Crippen molar-refractivity contribution in [3.05, 3.63) is 64.5 Å². The fourth-order valence-corrected chi connectivity index (χ4v) is 4.39. The third-order valence-electron chi connectivity index (χ3n) is 6.04. The fraction of sp³-hybridized carbons (Fsp3) is 0.462. The summed E-state index contributed by atoms with van der Waals surface area (Å²) in [6.07, 6.45) is 1.89. The molecule has 10 heteroatoms. The van der Waals surface area contributed by atoms with Crippen LogP contribution in [-0.2, 0) is 26.3 Å². The molecule has 4 rings (SSSR count). The summed E-state index contributed by atoms with van der Waals surface area (Å²) < 4.78 is 14.3. The van der Waals surface area contributed by atoms with Crippen molar-refractivity contribution in [1.82, 2.24) is 25.2 Å². The highest BCUT2D eigenvalue weighted by Gasteiger charge is 2.60. The molecular weight excluding hydrogens is 526 g/mol. The van der Waals surface area contributed by atoms with Crippen LogP contribution in [0, 0.1) is 0 Å². The van der Waals surface area contributed by atoms with E-state index in [0.717, 1.165) is 15.9 Å². The lowest BCUT2D eigenvalue weighted by atomic mass is 10.0. The zero-order valence-corrected chi connectivity index (χ0v) is 22.8. The maximum Gasteiger partial charge on any atom is 0.408 e. The van der Waals surface area contributed by atoms with E-state index in [2.05, 4.69) is 36.8 Å². The minimum Gasteiger partial charge on any atom is -0.444 e. The summed E-state index contributed by atoms with van der Waals surface area (Å²) in [5.74, 6) is 0.397. The second-order valence-electron chi connectivity index (χ2n) is 10.7. The minimum absolute atomic E-state index is 0.244. The van der Waals surface area contributed by atoms with Crippen LogP contribution < -0.4 is 10.6 Å². The van der Waals surface area contributed by atoms with Crippen LogP contribution in [0.2, 0.25) is 0 Å². The highest BCUT2D eigenvalue weighted by molar-refractivity contribution is 9.10. The highest BCUT2D eigenvalue weighted by Crippen LogP contribution is 2.48. The van der Waals surface area contributed by atoms with Crippen LogP contribution in [0.15, 0.2) is 53.1 Å². The maximum atomic E-state index is 13.2. The molecule has 0 saturated heterocycles. The summed E-state index contributed by atoms with van der Waals surface area (Å²) in [6, 6.07) is 13.5. The number of pyridine rings is 1. The molecule has 1 saturated carbocycles. The van der Waals surface area contributed by atoms with Gasteiger partial charge in [0.2, 0.25) is 5.91 Å². The van der Waals surface area contributed by atoms with Crippen LogP contribution in [-0.4, -0.2) is 50.4 Å². The molecule has 2 atom stereocenters. The molecule has 1 fully saturated rings. The molecule has 0 aliphatic heterocycles. The molecule has 1 aliphatic carbocycles. The molecule has 2 aromatic heterocycles. The topological polar surface area (TPSA) is 107 Å². The Morgan fingerprint density at radius 1 is 1.11 bits per heavy atom. The first-order chi connectivity index (χ1) is 16.9. The molecule has 2 heterocycles. The maximum absolute atomic E-state index is 13.2. The number of nitrogens with zero attached hydrogens (tertiary/aromatic N) is 3. The monoisotopic (exact) mass is 557 g/mol. The Morgan fingerprint density at radius 2 is 1.83 bits per heavy atom. The number of benzene rings is 1. The van der Waals surface area contributed by atoms with Crippen LogP contribution in [0.25, 0.3) is 5.65 Å². The largest absolute Gasteiger partial charge is 0.444 e. The van der Waals surface area contributed by atoms with Gasteiger partial charge in [0.25, 0.3) is 0 Å². The molecule has 9 nitrogen and oxygen atoms in total. The summed E-state index contributed by atoms with van der Waals surface area (Å²) in [5, 5.41) is 14.5. The molecule has 1 unspecified atom stereocenters. The smallest absolute Gasteiger partial charge is 0.408 e. The lowest BCUT2D eigenvalue weighted by Gasteiger charge is -2.28. The van der Waals surface area contributed by atoms with Gasteiger partial charge in [-0.1, -0.05) is 30.3 Å². The van der Waals surface area contributed by atoms with Crippen molar-refractivity contribution < 1.29 is 19.1 Å². The number of fused-ring (bicyclic) bond motifs is 1. The number of aromatic nitrogens is 3. The van der Waals surface area contributed by atoms with Gasteiger partial charge in [0, 0.05) is 16.7 Å². The van der Waals surface area contributed by atoms with Crippen LogP contribution in [0.1, 0.15) is 52.4 Å². The van der Waals surface area contributed by atoms with E-state index in [4.69, 9.17) is 9.47 Å². The number of hydrogen-bond acceptors (Lipinski definition) is 6. The normalized spacial score (nSPS) is 19.7. The van der Waals surface area contributed by atoms with E-state index < -0.39 is 22.6 Å². The fourth-order valence-electron chi connectivity index (χ4n) is 4.05. The van der Waals surface area contributed by atoms with Crippen molar-refractivity contribution in [1.29, 1.82) is 0 Å². The molecular formula is C26H32BrN5O4. The lowest BCUT2D eigenvalue weighted by molar-refractivity contribution is -0.126. The number of alkyl carbamates (subject to hydrolysis) is 1. The number of carbonyl (C=O) groups is 2. The van der Waals surface area contributed by atoms with Gasteiger partial charge in [0.1, 0.15) is 17.0 Å². The Kier molecular flexibility index (Phi) is 7.12. The lowest BCUT2D eigenvalue weighted by Crippen LogP contribution is -2.56. The van der Waals surface area contributed by atoms with Crippen LogP contribution in [0.3, 0.4) is 0 Å². The molecule has 2 N–H and O–H groups in total. The Balaban J connectivity index is 1.52. The zero-order valence-electron chi connectivity index (χ0n) is 21.2. The predicted octanol–water partition coefficient (Wildman–Crippen LogP) is 4.14. The summed E-state index contributed by atoms with van der Waals surface area (Å²) >= 11 is 3.52. The van der Waals surface area contributed by atoms with Gasteiger partial charge in [0.05, 0.1) is 18.6 Å². The number of nitrogens with one attached hydrogen (secondary N) is 2. The molecule has 1 aliphatic rings. The van der Waals surface area contributed by atoms with Gasteiger partial charge >= 0.3 is 6.09 Å². The predicted molar refractivity (Wildman–Crippen MR) is 138 cm³/mol. The van der Waals surface area contributed by atoms with E-state index >= 15 is 0 Å². The number of carbonyl (C=O) groups excluding carboxylic acids is 2. The number of ether oxygens (including phenoxy) is 2. The van der Waals surface area contributed by atoms with Gasteiger partial charge in [0.15, 0.2) is 5.65 Å². The minimum atomic E-state index is -1.18. The quantitative estimate of drug-likeness (QED) is 0.431. The average molecular weight is 558 g/mol. The Morgan fingerprint density at radius 3 is 2.53 bits per heavy atom. The van der Waals surface area contributed by atoms with E-state index in [0.29, 0.717) is 25.3 Å². The molecule has 36 heavy (non-hydrogen) atoms. The number of rotatable bonds is 8. The van der Waals surface area contributed by atoms with Crippen molar-refractivity contribution in [2.75, 3.05) is 6.61 Å². The van der Waals surface area contributed by atoms with E-state index in [1.807, 2.05) is 53.1 Å². The number of halogens is 1. The second kappa shape index (κ2) is 9.82. The molecule has 192 valence electrons. The third-order valence-corrected chi connectivity index (χ3v) is 6.51. The van der Waals surface area contributed by atoms with Gasteiger partial charge in [-0.05, 0) is 74.7 Å². The molecule has 0 spiro atoms. The van der Waals surface area contributed by atoms with E-state index in [1.54, 1.807) is 34.6 Å². The number of hydrogen-bond donors (Lipinski definition) is 2. The third kappa shape index (κ3) is 5.87. The van der Waals surface area contributed by atoms with Gasteiger partial charge in [-0.2, -0.15) is 0 Å². The average Bonchev–Trinajstić information content (AvgIpc) is 3.29. The Hall–Kier alpha value is -2.98. The second-order valence-corrected chi connectivity index (χ2v) is 11.6. The van der Waals surface area contributed by atoms with Crippen LogP contribution >= 0.6 is 15.9 Å². The van der Waals surface area contributed by atoms with E-state index in [1.165, 1.54) is 0 Å². The highest BCUT2D eigenvalue weighted by atomic mass is 79.9. The molecule has 1 aromatic carbocycles. The van der Waals surface area contributed by atoms with Crippen LogP contribution in [0.5, 0.6) is 0 Å². The van der Waals surface area contributed by atoms with Crippen LogP contribution in [0.4, 0.5) is 4.79 Å². The van der Waals surface area contributed by atoms with Gasteiger partial charge in [-0.3, -0.25) is 9.20 Å². The molecule has 3 aromatic rings. The van der Waals surface area contributed by atoms with Crippen molar-refractivity contribution >= 4 is 33.6 Å².